The van der Waals surface area contributed by atoms with E-state index in [0.717, 1.165) is 0 Å². The Morgan fingerprint density at radius 1 is 1.20 bits per heavy atom. The zero-order valence-corrected chi connectivity index (χ0v) is 18.1. The Balaban J connectivity index is 2.77. The second kappa shape index (κ2) is 12.9. The molecule has 0 saturated heterocycles. The molecule has 0 radical (unpaired) electrons. The van der Waals surface area contributed by atoms with Crippen LogP contribution in [0.3, 0.4) is 0 Å². The van der Waals surface area contributed by atoms with Gasteiger partial charge < -0.3 is 31.8 Å². The van der Waals surface area contributed by atoms with Crippen LogP contribution in [0.15, 0.2) is 12.5 Å². The average Bonchev–Trinajstić information content (AvgIpc) is 3.19. The SMILES string of the molecule is CSCCC(NC(=O)C(NC(=O)C(N)Cc1cnc[nH]1)C(C)C)C(=O)NCC(=O)O. The number of thioether (sulfide) groups is 1. The number of aliphatic carboxylic acids is 1. The Bertz CT molecular complexity index is 712. The lowest BCUT2D eigenvalue weighted by molar-refractivity contribution is -0.138. The molecule has 11 nitrogen and oxygen atoms in total. The maximum atomic E-state index is 12.8. The molecule has 3 amide bonds. The molecule has 0 aromatic carbocycles. The number of H-pyrrole nitrogens is 1. The summed E-state index contributed by atoms with van der Waals surface area (Å²) in [5.74, 6) is -2.50. The van der Waals surface area contributed by atoms with E-state index in [9.17, 15) is 19.2 Å². The molecule has 1 heterocycles. The summed E-state index contributed by atoms with van der Waals surface area (Å²) in [6.45, 7) is 2.97. The largest absolute Gasteiger partial charge is 0.480 e. The van der Waals surface area contributed by atoms with Crippen molar-refractivity contribution in [1.82, 2.24) is 25.9 Å². The van der Waals surface area contributed by atoms with Crippen molar-refractivity contribution >= 4 is 35.5 Å². The molecule has 1 aromatic rings. The van der Waals surface area contributed by atoms with Crippen LogP contribution in [-0.2, 0) is 25.6 Å². The van der Waals surface area contributed by atoms with Crippen molar-refractivity contribution in [3.8, 4) is 0 Å². The van der Waals surface area contributed by atoms with Gasteiger partial charge in [-0.3, -0.25) is 19.2 Å². The van der Waals surface area contributed by atoms with E-state index in [0.29, 0.717) is 17.9 Å². The van der Waals surface area contributed by atoms with Crippen LogP contribution in [0.25, 0.3) is 0 Å². The van der Waals surface area contributed by atoms with Gasteiger partial charge in [-0.2, -0.15) is 11.8 Å². The third-order valence-electron chi connectivity index (χ3n) is 4.24. The number of nitrogens with one attached hydrogen (secondary N) is 4. The van der Waals surface area contributed by atoms with Crippen LogP contribution in [0.5, 0.6) is 0 Å². The second-order valence-electron chi connectivity index (χ2n) is 7.07. The number of carbonyl (C=O) groups excluding carboxylic acids is 3. The minimum atomic E-state index is -1.18. The molecule has 12 heteroatoms. The first-order valence-electron chi connectivity index (χ1n) is 9.47. The smallest absolute Gasteiger partial charge is 0.322 e. The molecule has 0 spiro atoms. The summed E-state index contributed by atoms with van der Waals surface area (Å²) in [4.78, 5) is 54.9. The Labute approximate surface area is 179 Å². The number of carboxylic acid groups (broad SMARTS) is 1. The first kappa shape index (κ1) is 25.4. The predicted molar refractivity (Wildman–Crippen MR) is 113 cm³/mol. The normalized spacial score (nSPS) is 13.9. The number of nitrogens with zero attached hydrogens (tertiary/aromatic N) is 1. The van der Waals surface area contributed by atoms with Crippen molar-refractivity contribution in [3.63, 3.8) is 0 Å². The van der Waals surface area contributed by atoms with Crippen molar-refractivity contribution in [3.05, 3.63) is 18.2 Å². The zero-order valence-electron chi connectivity index (χ0n) is 17.3. The molecule has 0 aliphatic heterocycles. The molecule has 0 aliphatic carbocycles. The quantitative estimate of drug-likeness (QED) is 0.222. The van der Waals surface area contributed by atoms with Gasteiger partial charge in [0.1, 0.15) is 18.6 Å². The number of hydrogen-bond acceptors (Lipinski definition) is 7. The van der Waals surface area contributed by atoms with Gasteiger partial charge >= 0.3 is 5.97 Å². The number of aromatic nitrogens is 2. The molecule has 0 fully saturated rings. The third kappa shape index (κ3) is 8.82. The molecule has 168 valence electrons. The molecule has 0 saturated carbocycles. The van der Waals surface area contributed by atoms with Gasteiger partial charge in [-0.15, -0.1) is 0 Å². The van der Waals surface area contributed by atoms with Crippen LogP contribution in [0.4, 0.5) is 0 Å². The highest BCUT2D eigenvalue weighted by molar-refractivity contribution is 7.98. The standard InChI is InChI=1S/C18H30N6O5S/c1-10(2)15(24-16(27)12(19)6-11-7-20-9-22-11)18(29)23-13(4-5-30-3)17(28)21-8-14(25)26/h7,9-10,12-13,15H,4-6,8,19H2,1-3H3,(H,20,22)(H,21,28)(H,23,29)(H,24,27)(H,25,26). The van der Waals surface area contributed by atoms with Crippen LogP contribution in [0, 0.1) is 5.92 Å². The van der Waals surface area contributed by atoms with E-state index in [1.54, 1.807) is 20.0 Å². The van der Waals surface area contributed by atoms with Crippen LogP contribution >= 0.6 is 11.8 Å². The van der Waals surface area contributed by atoms with Crippen LogP contribution < -0.4 is 21.7 Å². The van der Waals surface area contributed by atoms with Gasteiger partial charge in [-0.1, -0.05) is 13.8 Å². The van der Waals surface area contributed by atoms with E-state index in [1.165, 1.54) is 18.1 Å². The highest BCUT2D eigenvalue weighted by Crippen LogP contribution is 2.07. The van der Waals surface area contributed by atoms with Gasteiger partial charge in [0.25, 0.3) is 0 Å². The number of imidazole rings is 1. The second-order valence-corrected chi connectivity index (χ2v) is 8.06. The van der Waals surface area contributed by atoms with E-state index in [2.05, 4.69) is 25.9 Å². The van der Waals surface area contributed by atoms with Crippen molar-refractivity contribution in [1.29, 1.82) is 0 Å². The Morgan fingerprint density at radius 2 is 1.90 bits per heavy atom. The minimum absolute atomic E-state index is 0.228. The van der Waals surface area contributed by atoms with E-state index in [-0.39, 0.29) is 12.3 Å². The number of aromatic amines is 1. The van der Waals surface area contributed by atoms with Crippen molar-refractivity contribution in [2.24, 2.45) is 11.7 Å². The molecule has 7 N–H and O–H groups in total. The van der Waals surface area contributed by atoms with Crippen LogP contribution in [0.2, 0.25) is 0 Å². The molecule has 30 heavy (non-hydrogen) atoms. The number of amides is 3. The fourth-order valence-corrected chi connectivity index (χ4v) is 3.04. The highest BCUT2D eigenvalue weighted by atomic mass is 32.2. The molecule has 0 bridgehead atoms. The number of carboxylic acids is 1. The zero-order chi connectivity index (χ0) is 22.7. The van der Waals surface area contributed by atoms with E-state index in [1.807, 2.05) is 6.26 Å². The van der Waals surface area contributed by atoms with Gasteiger partial charge in [0.2, 0.25) is 17.7 Å². The van der Waals surface area contributed by atoms with Crippen molar-refractivity contribution < 1.29 is 24.3 Å². The summed E-state index contributed by atoms with van der Waals surface area (Å²) in [6.07, 6.45) is 5.44. The monoisotopic (exact) mass is 442 g/mol. The molecular weight excluding hydrogens is 412 g/mol. The van der Waals surface area contributed by atoms with Gasteiger partial charge in [0, 0.05) is 18.3 Å². The number of hydrogen-bond donors (Lipinski definition) is 6. The molecule has 1 aromatic heterocycles. The first-order chi connectivity index (χ1) is 14.1. The molecule has 0 aliphatic rings. The van der Waals surface area contributed by atoms with Crippen molar-refractivity contribution in [2.45, 2.75) is 44.8 Å². The highest BCUT2D eigenvalue weighted by Gasteiger charge is 2.30. The lowest BCUT2D eigenvalue weighted by Crippen LogP contribution is -2.57. The predicted octanol–water partition coefficient (Wildman–Crippen LogP) is -1.14. The van der Waals surface area contributed by atoms with E-state index < -0.39 is 48.4 Å². The Morgan fingerprint density at radius 3 is 2.43 bits per heavy atom. The maximum absolute atomic E-state index is 12.8. The summed E-state index contributed by atoms with van der Waals surface area (Å²) >= 11 is 1.49. The first-order valence-corrected chi connectivity index (χ1v) is 10.9. The fourth-order valence-electron chi connectivity index (χ4n) is 2.57. The third-order valence-corrected chi connectivity index (χ3v) is 4.88. The summed E-state index contributed by atoms with van der Waals surface area (Å²) < 4.78 is 0. The van der Waals surface area contributed by atoms with E-state index in [4.69, 9.17) is 10.8 Å². The lowest BCUT2D eigenvalue weighted by Gasteiger charge is -2.26. The maximum Gasteiger partial charge on any atom is 0.322 e. The fraction of sp³-hybridized carbons (Fsp3) is 0.611. The van der Waals surface area contributed by atoms with Crippen molar-refractivity contribution in [2.75, 3.05) is 18.6 Å². The molecule has 3 unspecified atom stereocenters. The van der Waals surface area contributed by atoms with Crippen LogP contribution in [0.1, 0.15) is 26.0 Å². The Kier molecular flexibility index (Phi) is 10.9. The topological polar surface area (TPSA) is 179 Å². The summed E-state index contributed by atoms with van der Waals surface area (Å²) in [5.41, 5.74) is 6.62. The molecular formula is C18H30N6O5S. The number of carbonyl (C=O) groups is 4. The molecule has 1 rings (SSSR count). The van der Waals surface area contributed by atoms with Gasteiger partial charge in [-0.05, 0) is 24.3 Å². The van der Waals surface area contributed by atoms with E-state index >= 15 is 0 Å². The summed E-state index contributed by atoms with van der Waals surface area (Å²) in [5, 5.41) is 16.3. The van der Waals surface area contributed by atoms with Gasteiger partial charge in [0.15, 0.2) is 0 Å². The number of rotatable bonds is 13. The van der Waals surface area contributed by atoms with Gasteiger partial charge in [-0.25, -0.2) is 4.98 Å². The minimum Gasteiger partial charge on any atom is -0.480 e. The average molecular weight is 443 g/mol. The van der Waals surface area contributed by atoms with Crippen LogP contribution in [-0.4, -0.2) is 75.4 Å². The summed E-state index contributed by atoms with van der Waals surface area (Å²) in [7, 11) is 0. The lowest BCUT2D eigenvalue weighted by atomic mass is 10.0. The Hall–Kier alpha value is -2.60. The van der Waals surface area contributed by atoms with Gasteiger partial charge in [0.05, 0.1) is 12.4 Å². The number of nitrogens with two attached hydrogens (primary N) is 1. The summed E-state index contributed by atoms with van der Waals surface area (Å²) in [6, 6.07) is -2.71. The molecule has 3 atom stereocenters.